The number of carbonyl (C=O) groups excluding carboxylic acids is 3. The second-order valence-corrected chi connectivity index (χ2v) is 6.46. The normalized spacial score (nSPS) is 26.3. The number of likely N-dealkylation sites (tertiary alicyclic amines) is 1. The summed E-state index contributed by atoms with van der Waals surface area (Å²) in [6, 6.07) is -1.10. The van der Waals surface area contributed by atoms with Gasteiger partial charge >= 0.3 is 6.03 Å². The summed E-state index contributed by atoms with van der Waals surface area (Å²) in [5.74, 6) is -0.309. The molecule has 0 aromatic heterocycles. The minimum absolute atomic E-state index is 0.103. The number of amides is 4. The van der Waals surface area contributed by atoms with Crippen LogP contribution in [0.2, 0.25) is 0 Å². The van der Waals surface area contributed by atoms with E-state index >= 15 is 0 Å². The van der Waals surface area contributed by atoms with E-state index in [0.717, 1.165) is 50.1 Å². The lowest BCUT2D eigenvalue weighted by molar-refractivity contribution is -0.143. The number of hydrogen-bond donors (Lipinski definition) is 1. The van der Waals surface area contributed by atoms with Crippen molar-refractivity contribution in [2.24, 2.45) is 0 Å². The van der Waals surface area contributed by atoms with Crippen molar-refractivity contribution in [3.05, 3.63) is 0 Å². The quantitative estimate of drug-likeness (QED) is 0.779. The molecule has 116 valence electrons. The van der Waals surface area contributed by atoms with Crippen molar-refractivity contribution in [3.63, 3.8) is 0 Å². The van der Waals surface area contributed by atoms with Gasteiger partial charge in [0.1, 0.15) is 11.6 Å². The fourth-order valence-corrected chi connectivity index (χ4v) is 3.80. The molecule has 1 N–H and O–H groups in total. The van der Waals surface area contributed by atoms with Gasteiger partial charge in [0.2, 0.25) is 5.91 Å². The summed E-state index contributed by atoms with van der Waals surface area (Å²) in [6.07, 6.45) is 6.44. The van der Waals surface area contributed by atoms with Crippen LogP contribution in [-0.4, -0.2) is 52.3 Å². The Morgan fingerprint density at radius 1 is 1.10 bits per heavy atom. The van der Waals surface area contributed by atoms with E-state index in [0.29, 0.717) is 12.8 Å². The largest absolute Gasteiger partial charge is 0.341 e. The molecule has 6 heteroatoms. The maximum atomic E-state index is 12.6. The van der Waals surface area contributed by atoms with Crippen LogP contribution < -0.4 is 5.32 Å². The molecule has 1 unspecified atom stereocenters. The number of hydrogen-bond acceptors (Lipinski definition) is 3. The number of rotatable bonds is 2. The maximum Gasteiger partial charge on any atom is 0.325 e. The fraction of sp³-hybridized carbons (Fsp3) is 0.800. The van der Waals surface area contributed by atoms with Gasteiger partial charge in [0.25, 0.3) is 5.91 Å². The Bertz CT molecular complexity index is 465. The highest BCUT2D eigenvalue weighted by Gasteiger charge is 2.54. The predicted octanol–water partition coefficient (Wildman–Crippen LogP) is 1.25. The molecular formula is C15H23N3O3. The topological polar surface area (TPSA) is 69.7 Å². The third kappa shape index (κ3) is 2.30. The van der Waals surface area contributed by atoms with E-state index in [1.54, 1.807) is 11.8 Å². The van der Waals surface area contributed by atoms with Crippen molar-refractivity contribution in [2.45, 2.75) is 63.5 Å². The van der Waals surface area contributed by atoms with Crippen molar-refractivity contribution in [3.8, 4) is 0 Å². The number of nitrogens with zero attached hydrogens (tertiary/aromatic N) is 2. The number of urea groups is 1. The lowest BCUT2D eigenvalue weighted by atomic mass is 9.97. The molecule has 0 aromatic carbocycles. The molecule has 1 spiro atoms. The van der Waals surface area contributed by atoms with Crippen molar-refractivity contribution < 1.29 is 14.4 Å². The van der Waals surface area contributed by atoms with Crippen LogP contribution in [0.5, 0.6) is 0 Å². The van der Waals surface area contributed by atoms with Crippen LogP contribution in [0.25, 0.3) is 0 Å². The zero-order valence-electron chi connectivity index (χ0n) is 12.6. The summed E-state index contributed by atoms with van der Waals surface area (Å²) < 4.78 is 0. The summed E-state index contributed by atoms with van der Waals surface area (Å²) in [4.78, 5) is 40.3. The molecular weight excluding hydrogens is 270 g/mol. The Balaban J connectivity index is 1.74. The molecule has 1 aliphatic carbocycles. The van der Waals surface area contributed by atoms with E-state index in [9.17, 15) is 14.4 Å². The summed E-state index contributed by atoms with van der Waals surface area (Å²) in [5.41, 5.74) is -0.729. The molecule has 1 saturated carbocycles. The average molecular weight is 293 g/mol. The highest BCUT2D eigenvalue weighted by atomic mass is 16.2. The zero-order valence-corrected chi connectivity index (χ0v) is 12.6. The molecule has 2 heterocycles. The highest BCUT2D eigenvalue weighted by molar-refractivity contribution is 6.09. The standard InChI is InChI=1S/C15H23N3O3/c1-11(12(19)17-9-5-2-6-10-17)18-13(20)15(16-14(18)21)7-3-4-8-15/h11H,2-10H2,1H3,(H,16,21). The minimum Gasteiger partial charge on any atom is -0.341 e. The third-order valence-corrected chi connectivity index (χ3v) is 5.06. The third-order valence-electron chi connectivity index (χ3n) is 5.06. The Labute approximate surface area is 124 Å². The molecule has 2 aliphatic heterocycles. The average Bonchev–Trinajstić information content (AvgIpc) is 3.05. The van der Waals surface area contributed by atoms with Gasteiger partial charge in [0.15, 0.2) is 0 Å². The first-order valence-corrected chi connectivity index (χ1v) is 8.00. The Morgan fingerprint density at radius 2 is 1.71 bits per heavy atom. The summed E-state index contributed by atoms with van der Waals surface area (Å²) in [6.45, 7) is 3.14. The van der Waals surface area contributed by atoms with Gasteiger partial charge in [-0.25, -0.2) is 9.69 Å². The molecule has 3 rings (SSSR count). The first-order valence-electron chi connectivity index (χ1n) is 8.00. The van der Waals surface area contributed by atoms with E-state index in [4.69, 9.17) is 0 Å². The Kier molecular flexibility index (Phi) is 3.63. The SMILES string of the molecule is CC(C(=O)N1CCCCC1)N1C(=O)NC2(CCCC2)C1=O. The second kappa shape index (κ2) is 5.31. The van der Waals surface area contributed by atoms with Crippen LogP contribution in [-0.2, 0) is 9.59 Å². The van der Waals surface area contributed by atoms with Crippen molar-refractivity contribution in [1.29, 1.82) is 0 Å². The maximum absolute atomic E-state index is 12.6. The minimum atomic E-state index is -0.729. The van der Waals surface area contributed by atoms with E-state index in [2.05, 4.69) is 5.32 Å². The molecule has 0 aromatic rings. The molecule has 21 heavy (non-hydrogen) atoms. The number of carbonyl (C=O) groups is 3. The number of nitrogens with one attached hydrogen (secondary N) is 1. The Morgan fingerprint density at radius 3 is 2.33 bits per heavy atom. The summed E-state index contributed by atoms with van der Waals surface area (Å²) in [7, 11) is 0. The van der Waals surface area contributed by atoms with Gasteiger partial charge in [-0.15, -0.1) is 0 Å². The van der Waals surface area contributed by atoms with Gasteiger partial charge in [-0.05, 0) is 39.0 Å². The van der Waals surface area contributed by atoms with Gasteiger partial charge in [-0.1, -0.05) is 12.8 Å². The van der Waals surface area contributed by atoms with Crippen molar-refractivity contribution >= 4 is 17.8 Å². The molecule has 1 atom stereocenters. The van der Waals surface area contributed by atoms with E-state index in [1.165, 1.54) is 0 Å². The summed E-state index contributed by atoms with van der Waals surface area (Å²) >= 11 is 0. The molecule has 0 bridgehead atoms. The lowest BCUT2D eigenvalue weighted by Gasteiger charge is -2.32. The first-order chi connectivity index (χ1) is 10.1. The van der Waals surface area contributed by atoms with Gasteiger partial charge in [0.05, 0.1) is 0 Å². The van der Waals surface area contributed by atoms with Crippen molar-refractivity contribution in [1.82, 2.24) is 15.1 Å². The van der Waals surface area contributed by atoms with Crippen LogP contribution in [0, 0.1) is 0 Å². The zero-order chi connectivity index (χ0) is 15.0. The van der Waals surface area contributed by atoms with E-state index < -0.39 is 17.6 Å². The molecule has 3 aliphatic rings. The summed E-state index contributed by atoms with van der Waals surface area (Å²) in [5, 5.41) is 2.83. The van der Waals surface area contributed by atoms with Crippen LogP contribution in [0.1, 0.15) is 51.9 Å². The van der Waals surface area contributed by atoms with Gasteiger partial charge in [-0.2, -0.15) is 0 Å². The van der Waals surface area contributed by atoms with Crippen molar-refractivity contribution in [2.75, 3.05) is 13.1 Å². The van der Waals surface area contributed by atoms with Crippen LogP contribution in [0.15, 0.2) is 0 Å². The lowest BCUT2D eigenvalue weighted by Crippen LogP contribution is -2.52. The molecule has 3 fully saturated rings. The monoisotopic (exact) mass is 293 g/mol. The molecule has 0 radical (unpaired) electrons. The molecule has 4 amide bonds. The number of imide groups is 1. The Hall–Kier alpha value is -1.59. The molecule has 6 nitrogen and oxygen atoms in total. The van der Waals surface area contributed by atoms with E-state index in [1.807, 2.05) is 0 Å². The second-order valence-electron chi connectivity index (χ2n) is 6.46. The molecule has 2 saturated heterocycles. The fourth-order valence-electron chi connectivity index (χ4n) is 3.80. The van der Waals surface area contributed by atoms with E-state index in [-0.39, 0.29) is 11.8 Å². The number of piperidine rings is 1. The van der Waals surface area contributed by atoms with Gasteiger partial charge in [-0.3, -0.25) is 9.59 Å². The first kappa shape index (κ1) is 14.4. The predicted molar refractivity (Wildman–Crippen MR) is 76.5 cm³/mol. The van der Waals surface area contributed by atoms with Gasteiger partial charge in [0, 0.05) is 13.1 Å². The smallest absolute Gasteiger partial charge is 0.325 e. The van der Waals surface area contributed by atoms with Gasteiger partial charge < -0.3 is 10.2 Å². The van der Waals surface area contributed by atoms with Crippen LogP contribution in [0.4, 0.5) is 4.79 Å². The highest BCUT2D eigenvalue weighted by Crippen LogP contribution is 2.36. The van der Waals surface area contributed by atoms with Crippen LogP contribution >= 0.6 is 0 Å². The van der Waals surface area contributed by atoms with Crippen LogP contribution in [0.3, 0.4) is 0 Å².